The first-order valence-corrected chi connectivity index (χ1v) is 34.8. The number of hydrogen-bond donors (Lipinski definition) is 20. The van der Waals surface area contributed by atoms with Crippen LogP contribution < -0.4 is 59.4 Å². The van der Waals surface area contributed by atoms with Crippen molar-refractivity contribution in [3.8, 4) is 11.5 Å². The first kappa shape index (κ1) is 101. The topological polar surface area (TPSA) is 414 Å². The Morgan fingerprint density at radius 2 is 0.654 bits per heavy atom. The summed E-state index contributed by atoms with van der Waals surface area (Å²) < 4.78 is 4.88. The van der Waals surface area contributed by atoms with Gasteiger partial charge in [0.25, 0.3) is 0 Å². The van der Waals surface area contributed by atoms with E-state index < -0.39 is 64.1 Å². The minimum absolute atomic E-state index is 0.0731. The van der Waals surface area contributed by atoms with E-state index in [-0.39, 0.29) is 53.2 Å². The second kappa shape index (κ2) is 53.9. The van der Waals surface area contributed by atoms with Crippen molar-refractivity contribution < 1.29 is 105 Å². The van der Waals surface area contributed by atoms with Gasteiger partial charge in [0.2, 0.25) is 0 Å². The lowest BCUT2D eigenvalue weighted by Gasteiger charge is -2.04. The summed E-state index contributed by atoms with van der Waals surface area (Å²) in [6, 6.07) is 51.0. The van der Waals surface area contributed by atoms with Crippen molar-refractivity contribution in [3.63, 3.8) is 0 Å². The van der Waals surface area contributed by atoms with Crippen LogP contribution >= 0.6 is 174 Å². The molecule has 0 aliphatic rings. The second-order valence-corrected chi connectivity index (χ2v) is 26.3. The molecule has 0 aliphatic heterocycles. The van der Waals surface area contributed by atoms with Crippen molar-refractivity contribution in [2.24, 2.45) is 0 Å². The average Bonchev–Trinajstić information content (AvgIpc) is 0.868. The number of phenols is 1. The number of ether oxygens (including phenoxy) is 1. The lowest BCUT2D eigenvalue weighted by Crippen LogP contribution is -2.30. The molecule has 20 N–H and O–H groups in total. The molecule has 1 radical (unpaired) electrons. The van der Waals surface area contributed by atoms with Gasteiger partial charge in [-0.3, -0.25) is 0 Å². The van der Waals surface area contributed by atoms with Crippen LogP contribution in [0, 0.1) is 0 Å². The maximum Gasteiger partial charge on any atom is 0.490 e. The SMILES string of the molecule is COc1ccc(B(O)O)c(Cl)c1.OB(O)c1cc(Cl)cc(Cl)c1.OB(O)c1cc(Cl)ccc1Cl.OB(O)c1ccc(Cl)c(Cl)c1.OB(O)c1ccc(Cl)cc1.OB(O)c1ccc(Cl)cc1Cl.OB(O)c1ccc(O)c(Cl)c1.OB(O)c1cccc(Cl)c1.OB(O)c1cccc(Cl)c1Cl.O[B]c1ccccc1Cl. The molecule has 0 aliphatic carbocycles. The summed E-state index contributed by atoms with van der Waals surface area (Å²) in [6.07, 6.45) is 0. The summed E-state index contributed by atoms with van der Waals surface area (Å²) in [5.41, 5.74) is 3.37. The van der Waals surface area contributed by atoms with Crippen LogP contribution in [0.3, 0.4) is 0 Å². The molecule has 21 nitrogen and oxygen atoms in total. The van der Waals surface area contributed by atoms with Crippen molar-refractivity contribution in [2.45, 2.75) is 0 Å². The Bertz CT molecular complexity index is 4200. The van der Waals surface area contributed by atoms with Gasteiger partial charge >= 0.3 is 71.5 Å². The number of phenolic OH excluding ortho intramolecular Hbond substituents is 1. The summed E-state index contributed by atoms with van der Waals surface area (Å²) in [7, 11) is -11.1. The third-order valence-corrected chi connectivity index (χ3v) is 16.9. The van der Waals surface area contributed by atoms with E-state index in [0.29, 0.717) is 88.3 Å². The molecule has 10 aromatic carbocycles. The summed E-state index contributed by atoms with van der Waals surface area (Å²) in [5, 5.41) is 180. The Morgan fingerprint density at radius 3 is 1.07 bits per heavy atom. The zero-order chi connectivity index (χ0) is 81.5. The third-order valence-electron chi connectivity index (χ3n) is 12.3. The highest BCUT2D eigenvalue weighted by Crippen LogP contribution is 2.22. The van der Waals surface area contributed by atoms with Crippen LogP contribution in [0.1, 0.15) is 0 Å². The summed E-state index contributed by atoms with van der Waals surface area (Å²) in [5.74, 6) is 0.514. The van der Waals surface area contributed by atoms with Gasteiger partial charge in [-0.05, 0) is 154 Å². The van der Waals surface area contributed by atoms with Gasteiger partial charge in [-0.25, -0.2) is 0 Å². The smallest absolute Gasteiger partial charge is 0.490 e. The Balaban J connectivity index is 0.000000595. The molecule has 0 amide bonds. The molecule has 0 fully saturated rings. The van der Waals surface area contributed by atoms with Crippen molar-refractivity contribution in [1.82, 2.24) is 0 Å². The second-order valence-electron chi connectivity index (χ2n) is 20.1. The highest BCUT2D eigenvalue weighted by atomic mass is 35.5. The minimum Gasteiger partial charge on any atom is -0.506 e. The van der Waals surface area contributed by atoms with Crippen LogP contribution in [-0.4, -0.2) is 179 Å². The summed E-state index contributed by atoms with van der Waals surface area (Å²) >= 11 is 83.9. The fraction of sp³-hybridized carbons (Fsp3) is 0.0164. The molecule has 107 heavy (non-hydrogen) atoms. The molecule has 10 aromatic rings. The van der Waals surface area contributed by atoms with Gasteiger partial charge in [-0.15, -0.1) is 0 Å². The van der Waals surface area contributed by atoms with Gasteiger partial charge in [0.1, 0.15) is 11.5 Å². The van der Waals surface area contributed by atoms with Crippen LogP contribution in [0.2, 0.25) is 75.3 Å². The number of rotatable bonds is 11. The zero-order valence-electron chi connectivity index (χ0n) is 54.3. The Labute approximate surface area is 693 Å². The lowest BCUT2D eigenvalue weighted by molar-refractivity contribution is 0.414. The first-order chi connectivity index (χ1) is 50.0. The quantitative estimate of drug-likeness (QED) is 0.0820. The van der Waals surface area contributed by atoms with Crippen molar-refractivity contribution >= 4 is 300 Å². The highest BCUT2D eigenvalue weighted by Gasteiger charge is 2.20. The number of benzene rings is 10. The van der Waals surface area contributed by atoms with Crippen molar-refractivity contribution in [2.75, 3.05) is 7.11 Å². The Hall–Kier alpha value is -3.96. The molecule has 0 aromatic heterocycles. The lowest BCUT2D eigenvalue weighted by atomic mass is 9.80. The molecule has 0 saturated heterocycles. The van der Waals surface area contributed by atoms with Gasteiger partial charge in [0.15, 0.2) is 0 Å². The monoisotopic (exact) mass is 1760 g/mol. The number of methoxy groups -OCH3 is 1. The maximum absolute atomic E-state index is 8.93. The van der Waals surface area contributed by atoms with E-state index in [9.17, 15) is 0 Å². The molecule has 46 heteroatoms. The van der Waals surface area contributed by atoms with Crippen molar-refractivity contribution in [3.05, 3.63) is 276 Å². The average molecular weight is 1770 g/mol. The molecular formula is C61H56B10Cl15O21. The minimum atomic E-state index is -1.57. The van der Waals surface area contributed by atoms with E-state index in [1.165, 1.54) is 110 Å². The molecule has 0 spiro atoms. The number of aromatic hydroxyl groups is 1. The third kappa shape index (κ3) is 40.9. The predicted molar refractivity (Wildman–Crippen MR) is 444 cm³/mol. The number of halogens is 15. The molecule has 0 unspecified atom stereocenters. The highest BCUT2D eigenvalue weighted by molar-refractivity contribution is 6.66. The van der Waals surface area contributed by atoms with E-state index in [1.54, 1.807) is 84.9 Å². The molecule has 0 saturated carbocycles. The Kier molecular flexibility index (Phi) is 50.9. The normalized spacial score (nSPS) is 9.67. The molecule has 0 atom stereocenters. The van der Waals surface area contributed by atoms with Gasteiger partial charge < -0.3 is 105 Å². The summed E-state index contributed by atoms with van der Waals surface area (Å²) in [6.45, 7) is 0. The zero-order valence-corrected chi connectivity index (χ0v) is 65.7. The standard InChI is InChI=1S/C7H8BClO3.5C6H5BCl2O2.C6H6BClO3.2C6H6BClO2.C6H5BClO/c1-12-5-2-3-6(8(10)11)7(9)4-5;8-5-1-4(7(10)11)2-6(9)3-5;8-4-1-2-6(9)5(3-4)7(10)11;8-4-1-2-5(7(10)11)6(9)3-4;8-5-2-1-4(7(10)11)3-6(5)9;8-5-3-1-2-4(6(5)9)7(10)11;8-5-3-4(7(10)11)1-2-6(5)9;8-6-3-1-5(2-4-6)7(9)10;8-6-3-1-2-5(4-6)7(9)10;8-6-4-2-1-3-5(6)7-9/h2-4,10-11H,1H3;5*1-3,10-11H;1-3,9-11H;2*1-4,9-10H;1-4,9H. The molecule has 561 valence electrons. The summed E-state index contributed by atoms with van der Waals surface area (Å²) in [4.78, 5) is 0. The molecular weight excluding hydrogens is 1710 g/mol. The van der Waals surface area contributed by atoms with E-state index >= 15 is 0 Å². The fourth-order valence-corrected chi connectivity index (χ4v) is 10.1. The van der Waals surface area contributed by atoms with Crippen LogP contribution in [-0.2, 0) is 0 Å². The largest absolute Gasteiger partial charge is 0.506 e. The van der Waals surface area contributed by atoms with Gasteiger partial charge in [-0.2, -0.15) is 0 Å². The predicted octanol–water partition coefficient (Wildman–Crippen LogP) is 3.74. The fourth-order valence-electron chi connectivity index (χ4n) is 6.95. The Morgan fingerprint density at radius 1 is 0.252 bits per heavy atom. The number of hydrogen-bond acceptors (Lipinski definition) is 21. The van der Waals surface area contributed by atoms with Gasteiger partial charge in [0, 0.05) is 72.1 Å². The van der Waals surface area contributed by atoms with E-state index in [4.69, 9.17) is 279 Å². The molecule has 10 rings (SSSR count). The molecule has 0 heterocycles. The van der Waals surface area contributed by atoms with Crippen LogP contribution in [0.4, 0.5) is 0 Å². The maximum atomic E-state index is 8.93. The van der Waals surface area contributed by atoms with Gasteiger partial charge in [-0.1, -0.05) is 253 Å². The van der Waals surface area contributed by atoms with E-state index in [1.807, 2.05) is 12.1 Å². The van der Waals surface area contributed by atoms with Gasteiger partial charge in [0.05, 0.1) is 32.2 Å². The molecule has 0 bridgehead atoms. The van der Waals surface area contributed by atoms with Crippen LogP contribution in [0.25, 0.3) is 0 Å². The van der Waals surface area contributed by atoms with E-state index in [0.717, 1.165) is 7.48 Å². The first-order valence-electron chi connectivity index (χ1n) is 29.1. The van der Waals surface area contributed by atoms with Crippen LogP contribution in [0.5, 0.6) is 11.5 Å². The van der Waals surface area contributed by atoms with E-state index in [2.05, 4.69) is 0 Å². The van der Waals surface area contributed by atoms with Crippen molar-refractivity contribution in [1.29, 1.82) is 0 Å². The van der Waals surface area contributed by atoms with Crippen LogP contribution in [0.15, 0.2) is 200 Å².